The Morgan fingerprint density at radius 2 is 1.80 bits per heavy atom. The van der Waals surface area contributed by atoms with E-state index in [9.17, 15) is 9.90 Å². The molecule has 0 radical (unpaired) electrons. The third-order valence-corrected chi connectivity index (χ3v) is 4.86. The van der Waals surface area contributed by atoms with Crippen molar-refractivity contribution in [1.82, 2.24) is 5.32 Å². The number of hydrogen-bond donors (Lipinski definition) is 2. The van der Waals surface area contributed by atoms with Crippen molar-refractivity contribution in [3.63, 3.8) is 0 Å². The molecule has 4 nitrogen and oxygen atoms in total. The van der Waals surface area contributed by atoms with Crippen molar-refractivity contribution in [3.8, 4) is 5.75 Å². The number of carbonyl (C=O) groups excluding carboxylic acids is 1. The van der Waals surface area contributed by atoms with Crippen molar-refractivity contribution in [2.24, 2.45) is 4.99 Å². The largest absolute Gasteiger partial charge is 0.507 e. The standard InChI is InChI=1S/C20H21BrN2O2/c21-14-11-12-18(24)17(13-14)19(22-15-7-3-1-4-8-15)20(25)23-16-9-5-2-6-10-16/h1,3-4,7-8,11-13,16,24H,2,5-6,9-10H2,(H,23,25). The molecule has 2 aromatic carbocycles. The predicted octanol–water partition coefficient (Wildman–Crippen LogP) is 4.72. The third-order valence-electron chi connectivity index (χ3n) is 4.37. The highest BCUT2D eigenvalue weighted by Crippen LogP contribution is 2.25. The van der Waals surface area contributed by atoms with Crippen LogP contribution in [-0.4, -0.2) is 22.8 Å². The number of phenolic OH excluding ortho intramolecular Hbond substituents is 1. The highest BCUT2D eigenvalue weighted by Gasteiger charge is 2.22. The zero-order valence-corrected chi connectivity index (χ0v) is 15.5. The zero-order chi connectivity index (χ0) is 17.6. The van der Waals surface area contributed by atoms with Gasteiger partial charge < -0.3 is 10.4 Å². The quantitative estimate of drug-likeness (QED) is 0.728. The van der Waals surface area contributed by atoms with Crippen LogP contribution in [0.4, 0.5) is 5.69 Å². The Balaban J connectivity index is 1.95. The van der Waals surface area contributed by atoms with Crippen LogP contribution in [0.1, 0.15) is 37.7 Å². The number of halogens is 1. The summed E-state index contributed by atoms with van der Waals surface area (Å²) in [5, 5.41) is 13.3. The number of aromatic hydroxyl groups is 1. The molecule has 1 fully saturated rings. The number of amides is 1. The maximum absolute atomic E-state index is 12.9. The van der Waals surface area contributed by atoms with Gasteiger partial charge in [0.25, 0.3) is 5.91 Å². The van der Waals surface area contributed by atoms with Gasteiger partial charge in [-0.3, -0.25) is 4.79 Å². The van der Waals surface area contributed by atoms with E-state index in [0.717, 1.165) is 30.2 Å². The summed E-state index contributed by atoms with van der Waals surface area (Å²) in [5.74, 6) is -0.208. The molecule has 0 aromatic heterocycles. The number of hydrogen-bond acceptors (Lipinski definition) is 3. The number of carbonyl (C=O) groups is 1. The maximum atomic E-state index is 12.9. The monoisotopic (exact) mass is 400 g/mol. The Kier molecular flexibility index (Phi) is 5.87. The van der Waals surface area contributed by atoms with E-state index in [0.29, 0.717) is 11.3 Å². The molecule has 0 unspecified atom stereocenters. The first kappa shape index (κ1) is 17.7. The second-order valence-electron chi connectivity index (χ2n) is 6.27. The van der Waals surface area contributed by atoms with Crippen LogP contribution in [0.5, 0.6) is 5.75 Å². The summed E-state index contributed by atoms with van der Waals surface area (Å²) in [6.07, 6.45) is 5.49. The molecule has 2 N–H and O–H groups in total. The first-order chi connectivity index (χ1) is 12.1. The second-order valence-corrected chi connectivity index (χ2v) is 7.18. The highest BCUT2D eigenvalue weighted by molar-refractivity contribution is 9.10. The van der Waals surface area contributed by atoms with E-state index in [1.807, 2.05) is 30.3 Å². The molecule has 3 rings (SSSR count). The van der Waals surface area contributed by atoms with Crippen molar-refractivity contribution >= 4 is 33.2 Å². The Morgan fingerprint density at radius 3 is 2.52 bits per heavy atom. The van der Waals surface area contributed by atoms with Crippen LogP contribution in [0.15, 0.2) is 58.0 Å². The molecule has 1 amide bonds. The SMILES string of the molecule is O=C(NC1CCCCC1)C(=Nc1ccccc1)c1cc(Br)ccc1O. The van der Waals surface area contributed by atoms with Crippen LogP contribution >= 0.6 is 15.9 Å². The predicted molar refractivity (Wildman–Crippen MR) is 103 cm³/mol. The van der Waals surface area contributed by atoms with E-state index in [2.05, 4.69) is 26.2 Å². The lowest BCUT2D eigenvalue weighted by Gasteiger charge is -2.23. The van der Waals surface area contributed by atoms with Crippen LogP contribution in [0.25, 0.3) is 0 Å². The summed E-state index contributed by atoms with van der Waals surface area (Å²) in [7, 11) is 0. The molecule has 0 spiro atoms. The second kappa shape index (κ2) is 8.30. The van der Waals surface area contributed by atoms with Gasteiger partial charge in [-0.25, -0.2) is 4.99 Å². The summed E-state index contributed by atoms with van der Waals surface area (Å²) < 4.78 is 0.784. The summed E-state index contributed by atoms with van der Waals surface area (Å²) in [5.41, 5.74) is 1.33. The van der Waals surface area contributed by atoms with E-state index < -0.39 is 0 Å². The van der Waals surface area contributed by atoms with Crippen molar-refractivity contribution in [3.05, 3.63) is 58.6 Å². The molecular weight excluding hydrogens is 380 g/mol. The number of benzene rings is 2. The molecule has 1 aliphatic carbocycles. The minimum atomic E-state index is -0.246. The minimum Gasteiger partial charge on any atom is -0.507 e. The fourth-order valence-corrected chi connectivity index (χ4v) is 3.42. The van der Waals surface area contributed by atoms with Crippen molar-refractivity contribution in [2.45, 2.75) is 38.1 Å². The molecule has 1 aliphatic rings. The minimum absolute atomic E-state index is 0.0386. The normalized spacial score (nSPS) is 15.8. The van der Waals surface area contributed by atoms with E-state index in [1.54, 1.807) is 18.2 Å². The van der Waals surface area contributed by atoms with Crippen molar-refractivity contribution in [1.29, 1.82) is 0 Å². The van der Waals surface area contributed by atoms with E-state index in [4.69, 9.17) is 0 Å². The molecule has 0 atom stereocenters. The van der Waals surface area contributed by atoms with Crippen LogP contribution in [0.2, 0.25) is 0 Å². The number of rotatable bonds is 4. The fraction of sp³-hybridized carbons (Fsp3) is 0.300. The van der Waals surface area contributed by atoms with E-state index in [1.165, 1.54) is 6.42 Å². The lowest BCUT2D eigenvalue weighted by atomic mass is 9.95. The molecule has 130 valence electrons. The van der Waals surface area contributed by atoms with Crippen LogP contribution in [-0.2, 0) is 4.79 Å². The summed E-state index contributed by atoms with van der Waals surface area (Å²) in [6, 6.07) is 14.5. The molecule has 1 saturated carbocycles. The Bertz CT molecular complexity index is 769. The van der Waals surface area contributed by atoms with Gasteiger partial charge in [-0.05, 0) is 43.2 Å². The Labute approximate surface area is 156 Å². The van der Waals surface area contributed by atoms with E-state index >= 15 is 0 Å². The topological polar surface area (TPSA) is 61.7 Å². The average molecular weight is 401 g/mol. The van der Waals surface area contributed by atoms with E-state index in [-0.39, 0.29) is 23.4 Å². The summed E-state index contributed by atoms with van der Waals surface area (Å²) >= 11 is 3.40. The zero-order valence-electron chi connectivity index (χ0n) is 13.9. The van der Waals surface area contributed by atoms with Gasteiger partial charge in [-0.15, -0.1) is 0 Å². The van der Waals surface area contributed by atoms with Crippen molar-refractivity contribution < 1.29 is 9.90 Å². The van der Waals surface area contributed by atoms with Gasteiger partial charge in [0.1, 0.15) is 11.5 Å². The first-order valence-corrected chi connectivity index (χ1v) is 9.36. The summed E-state index contributed by atoms with van der Waals surface area (Å²) in [4.78, 5) is 17.4. The lowest BCUT2D eigenvalue weighted by Crippen LogP contribution is -2.40. The number of nitrogens with one attached hydrogen (secondary N) is 1. The van der Waals surface area contributed by atoms with Crippen LogP contribution < -0.4 is 5.32 Å². The highest BCUT2D eigenvalue weighted by atomic mass is 79.9. The Hall–Kier alpha value is -2.14. The van der Waals surface area contributed by atoms with Gasteiger partial charge >= 0.3 is 0 Å². The van der Waals surface area contributed by atoms with Gasteiger partial charge in [0.15, 0.2) is 0 Å². The molecule has 0 aliphatic heterocycles. The van der Waals surface area contributed by atoms with Gasteiger partial charge in [0, 0.05) is 16.1 Å². The van der Waals surface area contributed by atoms with Crippen LogP contribution in [0.3, 0.4) is 0 Å². The summed E-state index contributed by atoms with van der Waals surface area (Å²) in [6.45, 7) is 0. The van der Waals surface area contributed by atoms with Crippen LogP contribution in [0, 0.1) is 0 Å². The third kappa shape index (κ3) is 4.69. The molecule has 5 heteroatoms. The maximum Gasteiger partial charge on any atom is 0.270 e. The van der Waals surface area contributed by atoms with Gasteiger partial charge in [-0.1, -0.05) is 53.4 Å². The van der Waals surface area contributed by atoms with Gasteiger partial charge in [-0.2, -0.15) is 0 Å². The van der Waals surface area contributed by atoms with Gasteiger partial charge in [0.2, 0.25) is 0 Å². The fourth-order valence-electron chi connectivity index (χ4n) is 3.06. The molecule has 2 aromatic rings. The number of nitrogens with zero attached hydrogens (tertiary/aromatic N) is 1. The Morgan fingerprint density at radius 1 is 1.08 bits per heavy atom. The molecule has 0 saturated heterocycles. The number of para-hydroxylation sites is 1. The van der Waals surface area contributed by atoms with Gasteiger partial charge in [0.05, 0.1) is 5.69 Å². The first-order valence-electron chi connectivity index (χ1n) is 8.57. The number of phenols is 1. The average Bonchev–Trinajstić information content (AvgIpc) is 2.63. The lowest BCUT2D eigenvalue weighted by molar-refractivity contribution is -0.115. The molecule has 0 bridgehead atoms. The molecular formula is C20H21BrN2O2. The smallest absolute Gasteiger partial charge is 0.270 e. The molecule has 25 heavy (non-hydrogen) atoms. The number of aliphatic imine (C=N–C) groups is 1. The van der Waals surface area contributed by atoms with Crippen molar-refractivity contribution in [2.75, 3.05) is 0 Å². The molecule has 0 heterocycles.